The van der Waals surface area contributed by atoms with Crippen molar-refractivity contribution in [2.24, 2.45) is 0 Å². The molecule has 5 aromatic rings. The summed E-state index contributed by atoms with van der Waals surface area (Å²) in [5.41, 5.74) is 2.09. The van der Waals surface area contributed by atoms with Crippen molar-refractivity contribution in [2.75, 3.05) is 19.7 Å². The number of carbonyl (C=O) groups is 1. The van der Waals surface area contributed by atoms with E-state index in [1.807, 2.05) is 25.1 Å². The molecule has 3 aromatic heterocycles. The van der Waals surface area contributed by atoms with E-state index in [9.17, 15) is 14.0 Å². The summed E-state index contributed by atoms with van der Waals surface area (Å²) in [6.45, 7) is 3.15. The smallest absolute Gasteiger partial charge is 0.275 e. The first kappa shape index (κ1) is 21.2. The number of amides is 1. The monoisotopic (exact) mass is 472 g/mol. The second-order valence-corrected chi connectivity index (χ2v) is 8.47. The van der Waals surface area contributed by atoms with E-state index in [2.05, 4.69) is 4.98 Å². The third-order valence-electron chi connectivity index (χ3n) is 6.30. The van der Waals surface area contributed by atoms with Crippen molar-refractivity contribution in [2.45, 2.75) is 13.5 Å². The van der Waals surface area contributed by atoms with Crippen molar-refractivity contribution in [1.29, 1.82) is 0 Å². The second kappa shape index (κ2) is 8.12. The molecule has 35 heavy (non-hydrogen) atoms. The lowest BCUT2D eigenvalue weighted by molar-refractivity contribution is 0.0673. The average molecular weight is 472 g/mol. The maximum absolute atomic E-state index is 14.3. The van der Waals surface area contributed by atoms with Gasteiger partial charge in [-0.25, -0.2) is 9.37 Å². The van der Waals surface area contributed by atoms with Gasteiger partial charge in [0.25, 0.3) is 11.5 Å². The minimum Gasteiger partial charge on any atom is -0.491 e. The zero-order chi connectivity index (χ0) is 24.1. The molecule has 1 aliphatic rings. The van der Waals surface area contributed by atoms with Crippen LogP contribution in [0.15, 0.2) is 70.3 Å². The molecule has 8 nitrogen and oxygen atoms in total. The molecule has 1 amide bonds. The third-order valence-corrected chi connectivity index (χ3v) is 6.30. The minimum absolute atomic E-state index is 0.148. The number of carbonyl (C=O) groups excluding carboxylic acids is 1. The van der Waals surface area contributed by atoms with Crippen LogP contribution in [0, 0.1) is 12.7 Å². The third kappa shape index (κ3) is 3.47. The van der Waals surface area contributed by atoms with Crippen LogP contribution in [0.1, 0.15) is 16.2 Å². The van der Waals surface area contributed by atoms with Crippen LogP contribution in [0.4, 0.5) is 4.39 Å². The SMILES string of the molecule is Cc1cn(-c2ccc3n(c2=O)CCN(CCOc2ccc(F)c4oc5ccccc5c24)C3=O)cn1. The molecule has 0 aliphatic carbocycles. The van der Waals surface area contributed by atoms with Crippen molar-refractivity contribution >= 4 is 27.8 Å². The number of furan rings is 1. The number of rotatable bonds is 5. The van der Waals surface area contributed by atoms with E-state index in [1.165, 1.54) is 10.6 Å². The van der Waals surface area contributed by atoms with Gasteiger partial charge in [0.2, 0.25) is 0 Å². The van der Waals surface area contributed by atoms with Gasteiger partial charge in [-0.2, -0.15) is 0 Å². The van der Waals surface area contributed by atoms with Gasteiger partial charge in [0, 0.05) is 24.7 Å². The Morgan fingerprint density at radius 2 is 1.94 bits per heavy atom. The summed E-state index contributed by atoms with van der Waals surface area (Å²) in [4.78, 5) is 31.9. The Balaban J connectivity index is 1.21. The van der Waals surface area contributed by atoms with Crippen molar-refractivity contribution in [3.05, 3.63) is 88.6 Å². The maximum Gasteiger partial charge on any atom is 0.275 e. The van der Waals surface area contributed by atoms with Crippen molar-refractivity contribution < 1.29 is 18.3 Å². The fraction of sp³-hybridized carbons (Fsp3) is 0.192. The highest BCUT2D eigenvalue weighted by atomic mass is 19.1. The Hall–Kier alpha value is -4.40. The molecule has 0 N–H and O–H groups in total. The molecule has 0 atom stereocenters. The molecule has 0 spiro atoms. The number of halogens is 1. The van der Waals surface area contributed by atoms with Crippen molar-refractivity contribution in [1.82, 2.24) is 19.0 Å². The van der Waals surface area contributed by atoms with Crippen LogP contribution in [0.5, 0.6) is 5.75 Å². The number of pyridine rings is 1. The van der Waals surface area contributed by atoms with Crippen LogP contribution in [0.25, 0.3) is 27.6 Å². The summed E-state index contributed by atoms with van der Waals surface area (Å²) in [6, 6.07) is 13.5. The Kier molecular flexibility index (Phi) is 4.91. The summed E-state index contributed by atoms with van der Waals surface area (Å²) in [5.74, 6) is -0.196. The molecule has 0 fully saturated rings. The van der Waals surface area contributed by atoms with E-state index in [1.54, 1.807) is 46.3 Å². The number of aromatic nitrogens is 3. The molecule has 176 valence electrons. The first-order valence-corrected chi connectivity index (χ1v) is 11.3. The summed E-state index contributed by atoms with van der Waals surface area (Å²) < 4.78 is 29.2. The molecule has 4 heterocycles. The lowest BCUT2D eigenvalue weighted by Gasteiger charge is -2.29. The Bertz CT molecular complexity index is 1670. The standard InChI is InChI=1S/C26H21FN4O4/c1-16-14-30(15-28-16)19-7-8-20-25(32)29(10-11-31(20)26(19)33)12-13-34-22-9-6-18(27)24-23(22)17-4-2-3-5-21(17)35-24/h2-9,14-15H,10-13H2,1H3. The lowest BCUT2D eigenvalue weighted by atomic mass is 10.1. The summed E-state index contributed by atoms with van der Waals surface area (Å²) in [7, 11) is 0. The van der Waals surface area contributed by atoms with E-state index in [0.717, 1.165) is 11.1 Å². The average Bonchev–Trinajstić information content (AvgIpc) is 3.47. The molecule has 2 aromatic carbocycles. The fourth-order valence-electron chi connectivity index (χ4n) is 4.57. The zero-order valence-electron chi connectivity index (χ0n) is 18.9. The van der Waals surface area contributed by atoms with Gasteiger partial charge in [-0.05, 0) is 37.3 Å². The van der Waals surface area contributed by atoms with Crippen molar-refractivity contribution in [3.8, 4) is 11.4 Å². The summed E-state index contributed by atoms with van der Waals surface area (Å²) >= 11 is 0. The number of ether oxygens (including phenoxy) is 1. The molecule has 0 radical (unpaired) electrons. The number of aryl methyl sites for hydroxylation is 1. The molecular formula is C26H21FN4O4. The number of nitrogens with zero attached hydrogens (tertiary/aromatic N) is 4. The van der Waals surface area contributed by atoms with Gasteiger partial charge < -0.3 is 23.2 Å². The molecule has 0 bridgehead atoms. The summed E-state index contributed by atoms with van der Waals surface area (Å²) in [5, 5.41) is 1.34. The van der Waals surface area contributed by atoms with Gasteiger partial charge >= 0.3 is 0 Å². The topological polar surface area (TPSA) is 82.5 Å². The molecule has 0 unspecified atom stereocenters. The van der Waals surface area contributed by atoms with Crippen LogP contribution in [0.2, 0.25) is 0 Å². The minimum atomic E-state index is -0.456. The number of hydrogen-bond donors (Lipinski definition) is 0. The fourth-order valence-corrected chi connectivity index (χ4v) is 4.57. The summed E-state index contributed by atoms with van der Waals surface area (Å²) in [6.07, 6.45) is 3.36. The quantitative estimate of drug-likeness (QED) is 0.387. The van der Waals surface area contributed by atoms with Gasteiger partial charge in [-0.15, -0.1) is 0 Å². The number of benzene rings is 2. The van der Waals surface area contributed by atoms with Crippen LogP contribution in [-0.2, 0) is 6.54 Å². The van der Waals surface area contributed by atoms with E-state index in [0.29, 0.717) is 47.7 Å². The van der Waals surface area contributed by atoms with Gasteiger partial charge in [0.15, 0.2) is 11.4 Å². The Labute approximate surface area is 198 Å². The Morgan fingerprint density at radius 1 is 1.09 bits per heavy atom. The first-order chi connectivity index (χ1) is 17.0. The number of para-hydroxylation sites is 1. The first-order valence-electron chi connectivity index (χ1n) is 11.3. The van der Waals surface area contributed by atoms with Crippen molar-refractivity contribution in [3.63, 3.8) is 0 Å². The zero-order valence-corrected chi connectivity index (χ0v) is 18.9. The van der Waals surface area contributed by atoms with Crippen LogP contribution in [0.3, 0.4) is 0 Å². The number of imidazole rings is 1. The van der Waals surface area contributed by atoms with Gasteiger partial charge in [-0.3, -0.25) is 9.59 Å². The number of hydrogen-bond acceptors (Lipinski definition) is 5. The Morgan fingerprint density at radius 3 is 2.77 bits per heavy atom. The van der Waals surface area contributed by atoms with E-state index >= 15 is 0 Å². The predicted octanol–water partition coefficient (Wildman–Crippen LogP) is 3.92. The van der Waals surface area contributed by atoms with Gasteiger partial charge in [0.05, 0.1) is 24.0 Å². The lowest BCUT2D eigenvalue weighted by Crippen LogP contribution is -2.46. The van der Waals surface area contributed by atoms with Gasteiger partial charge in [-0.1, -0.05) is 18.2 Å². The van der Waals surface area contributed by atoms with Gasteiger partial charge in [0.1, 0.15) is 29.3 Å². The second-order valence-electron chi connectivity index (χ2n) is 8.47. The molecule has 6 rings (SSSR count). The molecule has 0 saturated carbocycles. The van der Waals surface area contributed by atoms with Crippen LogP contribution < -0.4 is 10.3 Å². The number of fused-ring (bicyclic) bond motifs is 4. The normalized spacial score (nSPS) is 13.5. The molecule has 0 saturated heterocycles. The van der Waals surface area contributed by atoms with E-state index < -0.39 is 5.82 Å². The highest BCUT2D eigenvalue weighted by Crippen LogP contribution is 2.36. The highest BCUT2D eigenvalue weighted by Gasteiger charge is 2.26. The molecular weight excluding hydrogens is 451 g/mol. The highest BCUT2D eigenvalue weighted by molar-refractivity contribution is 6.08. The van der Waals surface area contributed by atoms with E-state index in [-0.39, 0.29) is 23.7 Å². The largest absolute Gasteiger partial charge is 0.491 e. The predicted molar refractivity (Wildman–Crippen MR) is 128 cm³/mol. The van der Waals surface area contributed by atoms with E-state index in [4.69, 9.17) is 9.15 Å². The molecule has 9 heteroatoms. The van der Waals surface area contributed by atoms with Crippen LogP contribution >= 0.6 is 0 Å². The van der Waals surface area contributed by atoms with Crippen LogP contribution in [-0.4, -0.2) is 44.6 Å². The molecule has 1 aliphatic heterocycles. The maximum atomic E-state index is 14.3.